The molecule has 0 bridgehead atoms. The summed E-state index contributed by atoms with van der Waals surface area (Å²) in [5, 5.41) is 0. The smallest absolute Gasteiger partial charge is 0.195 e. The lowest BCUT2D eigenvalue weighted by Crippen LogP contribution is -2.39. The first-order valence-corrected chi connectivity index (χ1v) is 7.21. The zero-order valence-electron chi connectivity index (χ0n) is 13.2. The van der Waals surface area contributed by atoms with E-state index in [1.54, 1.807) is 0 Å². The predicted molar refractivity (Wildman–Crippen MR) is 98.2 cm³/mol. The Morgan fingerprint density at radius 2 is 2.05 bits per heavy atom. The summed E-state index contributed by atoms with van der Waals surface area (Å²) >= 11 is 0. The molecule has 0 saturated carbocycles. The zero-order valence-corrected chi connectivity index (χ0v) is 15.5. The van der Waals surface area contributed by atoms with Crippen molar-refractivity contribution in [1.82, 2.24) is 9.80 Å². The fourth-order valence-electron chi connectivity index (χ4n) is 2.69. The first-order chi connectivity index (χ1) is 9.70. The van der Waals surface area contributed by atoms with Crippen LogP contribution in [0.25, 0.3) is 0 Å². The Labute approximate surface area is 145 Å². The number of benzene rings is 1. The maximum Gasteiger partial charge on any atom is 0.195 e. The van der Waals surface area contributed by atoms with Gasteiger partial charge in [0.15, 0.2) is 5.96 Å². The van der Waals surface area contributed by atoms with Crippen molar-refractivity contribution < 1.29 is 4.74 Å². The fourth-order valence-corrected chi connectivity index (χ4v) is 2.69. The van der Waals surface area contributed by atoms with Crippen LogP contribution < -0.4 is 0 Å². The van der Waals surface area contributed by atoms with Gasteiger partial charge in [-0.15, -0.1) is 24.0 Å². The monoisotopic (exact) mass is 403 g/mol. The molecule has 2 rings (SSSR count). The lowest BCUT2D eigenvalue weighted by atomic mass is 10.1. The molecule has 1 aliphatic heterocycles. The van der Waals surface area contributed by atoms with E-state index in [-0.39, 0.29) is 24.0 Å². The average Bonchev–Trinajstić information content (AvgIpc) is 2.89. The SMILES string of the molecule is CN=C(N(C)C)N1CCC(COCc2ccccc2)C1.I. The van der Waals surface area contributed by atoms with Crippen molar-refractivity contribution in [3.63, 3.8) is 0 Å². The highest BCUT2D eigenvalue weighted by atomic mass is 127. The number of rotatable bonds is 4. The van der Waals surface area contributed by atoms with E-state index < -0.39 is 0 Å². The number of nitrogens with zero attached hydrogens (tertiary/aromatic N) is 3. The summed E-state index contributed by atoms with van der Waals surface area (Å²) in [7, 11) is 5.94. The summed E-state index contributed by atoms with van der Waals surface area (Å²) < 4.78 is 5.85. The van der Waals surface area contributed by atoms with E-state index in [0.29, 0.717) is 12.5 Å². The van der Waals surface area contributed by atoms with Crippen LogP contribution in [-0.2, 0) is 11.3 Å². The van der Waals surface area contributed by atoms with Crippen LogP contribution in [0.15, 0.2) is 35.3 Å². The summed E-state index contributed by atoms with van der Waals surface area (Å²) in [6, 6.07) is 10.4. The van der Waals surface area contributed by atoms with Gasteiger partial charge < -0.3 is 14.5 Å². The summed E-state index contributed by atoms with van der Waals surface area (Å²) in [5.74, 6) is 1.67. The van der Waals surface area contributed by atoms with Gasteiger partial charge in [-0.25, -0.2) is 0 Å². The summed E-state index contributed by atoms with van der Waals surface area (Å²) in [4.78, 5) is 8.78. The van der Waals surface area contributed by atoms with Gasteiger partial charge in [-0.3, -0.25) is 4.99 Å². The molecular weight excluding hydrogens is 377 g/mol. The van der Waals surface area contributed by atoms with E-state index in [2.05, 4.69) is 39.1 Å². The second kappa shape index (κ2) is 9.25. The maximum absolute atomic E-state index is 5.85. The molecule has 1 heterocycles. The van der Waals surface area contributed by atoms with Crippen molar-refractivity contribution in [3.8, 4) is 0 Å². The molecule has 1 aromatic rings. The Hall–Kier alpha value is -0.820. The molecule has 0 N–H and O–H groups in total. The van der Waals surface area contributed by atoms with Gasteiger partial charge in [-0.1, -0.05) is 30.3 Å². The number of guanidine groups is 1. The highest BCUT2D eigenvalue weighted by Crippen LogP contribution is 2.18. The molecule has 1 saturated heterocycles. The summed E-state index contributed by atoms with van der Waals surface area (Å²) in [6.07, 6.45) is 1.18. The molecule has 118 valence electrons. The van der Waals surface area contributed by atoms with Gasteiger partial charge in [-0.2, -0.15) is 0 Å². The molecule has 0 aliphatic carbocycles. The normalized spacial score (nSPS) is 18.5. The van der Waals surface area contributed by atoms with Crippen LogP contribution >= 0.6 is 24.0 Å². The maximum atomic E-state index is 5.85. The van der Waals surface area contributed by atoms with Crippen LogP contribution in [0.2, 0.25) is 0 Å². The summed E-state index contributed by atoms with van der Waals surface area (Å²) in [6.45, 7) is 3.65. The molecule has 1 fully saturated rings. The van der Waals surface area contributed by atoms with Gasteiger partial charge >= 0.3 is 0 Å². The van der Waals surface area contributed by atoms with Crippen LogP contribution in [0.5, 0.6) is 0 Å². The van der Waals surface area contributed by atoms with Crippen LogP contribution in [0, 0.1) is 5.92 Å². The average molecular weight is 403 g/mol. The minimum atomic E-state index is 0. The Morgan fingerprint density at radius 1 is 1.33 bits per heavy atom. The third-order valence-corrected chi connectivity index (χ3v) is 3.63. The molecule has 0 radical (unpaired) electrons. The fraction of sp³-hybridized carbons (Fsp3) is 0.562. The molecule has 1 unspecified atom stereocenters. The lowest BCUT2D eigenvalue weighted by molar-refractivity contribution is 0.0905. The largest absolute Gasteiger partial charge is 0.376 e. The second-order valence-corrected chi connectivity index (χ2v) is 5.52. The van der Waals surface area contributed by atoms with Crippen LogP contribution in [0.3, 0.4) is 0 Å². The number of hydrogen-bond donors (Lipinski definition) is 0. The Morgan fingerprint density at radius 3 is 2.67 bits per heavy atom. The quantitative estimate of drug-likeness (QED) is 0.440. The van der Waals surface area contributed by atoms with Gasteiger partial charge in [0.05, 0.1) is 13.2 Å². The van der Waals surface area contributed by atoms with E-state index in [9.17, 15) is 0 Å². The minimum Gasteiger partial charge on any atom is -0.376 e. The van der Waals surface area contributed by atoms with Gasteiger partial charge in [0, 0.05) is 40.2 Å². The molecule has 5 heteroatoms. The molecule has 0 spiro atoms. The number of aliphatic imine (C=N–C) groups is 1. The van der Waals surface area contributed by atoms with E-state index >= 15 is 0 Å². The zero-order chi connectivity index (χ0) is 14.4. The molecular formula is C16H26IN3O. The molecule has 0 amide bonds. The van der Waals surface area contributed by atoms with Crippen LogP contribution in [0.1, 0.15) is 12.0 Å². The van der Waals surface area contributed by atoms with Crippen molar-refractivity contribution >= 4 is 29.9 Å². The number of likely N-dealkylation sites (tertiary alicyclic amines) is 1. The van der Waals surface area contributed by atoms with Crippen LogP contribution in [-0.4, -0.2) is 56.6 Å². The third kappa shape index (κ3) is 5.47. The van der Waals surface area contributed by atoms with E-state index in [1.807, 2.05) is 27.2 Å². The first-order valence-electron chi connectivity index (χ1n) is 7.21. The molecule has 21 heavy (non-hydrogen) atoms. The van der Waals surface area contributed by atoms with Crippen molar-refractivity contribution in [2.75, 3.05) is 40.8 Å². The highest BCUT2D eigenvalue weighted by molar-refractivity contribution is 14.0. The molecule has 1 aromatic carbocycles. The van der Waals surface area contributed by atoms with Crippen molar-refractivity contribution in [2.24, 2.45) is 10.9 Å². The summed E-state index contributed by atoms with van der Waals surface area (Å²) in [5.41, 5.74) is 1.24. The van der Waals surface area contributed by atoms with Crippen molar-refractivity contribution in [3.05, 3.63) is 35.9 Å². The number of hydrogen-bond acceptors (Lipinski definition) is 2. The minimum absolute atomic E-state index is 0. The Balaban J connectivity index is 0.00000220. The van der Waals surface area contributed by atoms with E-state index in [4.69, 9.17) is 4.74 Å². The van der Waals surface area contributed by atoms with Crippen molar-refractivity contribution in [1.29, 1.82) is 0 Å². The topological polar surface area (TPSA) is 28.1 Å². The Kier molecular flexibility index (Phi) is 8.03. The second-order valence-electron chi connectivity index (χ2n) is 5.52. The Bertz CT molecular complexity index is 436. The molecule has 1 atom stereocenters. The highest BCUT2D eigenvalue weighted by Gasteiger charge is 2.25. The van der Waals surface area contributed by atoms with Gasteiger partial charge in [0.25, 0.3) is 0 Å². The van der Waals surface area contributed by atoms with Gasteiger partial charge in [0.2, 0.25) is 0 Å². The van der Waals surface area contributed by atoms with Gasteiger partial charge in [0.1, 0.15) is 0 Å². The first kappa shape index (κ1) is 18.2. The van der Waals surface area contributed by atoms with Crippen LogP contribution in [0.4, 0.5) is 0 Å². The third-order valence-electron chi connectivity index (χ3n) is 3.63. The van der Waals surface area contributed by atoms with E-state index in [1.165, 1.54) is 12.0 Å². The number of ether oxygens (including phenoxy) is 1. The number of halogens is 1. The predicted octanol–water partition coefficient (Wildman–Crippen LogP) is 2.69. The molecule has 1 aliphatic rings. The standard InChI is InChI=1S/C16H25N3O.HI/c1-17-16(18(2)3)19-10-9-15(11-19)13-20-12-14-7-5-4-6-8-14;/h4-8,15H,9-13H2,1-3H3;1H. The van der Waals surface area contributed by atoms with Gasteiger partial charge in [-0.05, 0) is 12.0 Å². The van der Waals surface area contributed by atoms with E-state index in [0.717, 1.165) is 25.7 Å². The molecule has 0 aromatic heterocycles. The lowest BCUT2D eigenvalue weighted by Gasteiger charge is -2.25. The molecule has 4 nitrogen and oxygen atoms in total. The van der Waals surface area contributed by atoms with Crippen molar-refractivity contribution in [2.45, 2.75) is 13.0 Å².